The van der Waals surface area contributed by atoms with E-state index >= 15 is 0 Å². The van der Waals surface area contributed by atoms with Gasteiger partial charge in [0, 0.05) is 10.4 Å². The van der Waals surface area contributed by atoms with Crippen molar-refractivity contribution >= 4 is 27.0 Å². The standard InChI is InChI=1S/C11H13BrN2/c1-6(2)11-13-9-4-7(3)8(12)5-10(9)14-11/h4-6H,1-3H3,(H,13,14). The van der Waals surface area contributed by atoms with Gasteiger partial charge in [0.1, 0.15) is 5.82 Å². The van der Waals surface area contributed by atoms with Gasteiger partial charge in [0.15, 0.2) is 0 Å². The summed E-state index contributed by atoms with van der Waals surface area (Å²) in [5, 5.41) is 0. The Morgan fingerprint density at radius 2 is 2.07 bits per heavy atom. The summed E-state index contributed by atoms with van der Waals surface area (Å²) in [5.74, 6) is 1.50. The van der Waals surface area contributed by atoms with Gasteiger partial charge in [-0.2, -0.15) is 0 Å². The monoisotopic (exact) mass is 252 g/mol. The summed E-state index contributed by atoms with van der Waals surface area (Å²) in [6.45, 7) is 6.36. The Morgan fingerprint density at radius 1 is 1.36 bits per heavy atom. The van der Waals surface area contributed by atoms with Crippen LogP contribution in [-0.2, 0) is 0 Å². The fourth-order valence-corrected chi connectivity index (χ4v) is 1.76. The molecule has 0 radical (unpaired) electrons. The lowest BCUT2D eigenvalue weighted by atomic mass is 10.2. The maximum atomic E-state index is 4.53. The molecule has 1 N–H and O–H groups in total. The van der Waals surface area contributed by atoms with Crippen LogP contribution in [0.2, 0.25) is 0 Å². The van der Waals surface area contributed by atoms with E-state index in [0.717, 1.165) is 21.3 Å². The third-order valence-corrected chi connectivity index (χ3v) is 3.18. The Labute approximate surface area is 91.9 Å². The average molecular weight is 253 g/mol. The molecule has 2 nitrogen and oxygen atoms in total. The van der Waals surface area contributed by atoms with Crippen LogP contribution in [0.4, 0.5) is 0 Å². The molecule has 0 amide bonds. The minimum Gasteiger partial charge on any atom is -0.342 e. The van der Waals surface area contributed by atoms with Gasteiger partial charge in [-0.3, -0.25) is 0 Å². The van der Waals surface area contributed by atoms with E-state index < -0.39 is 0 Å². The first kappa shape index (κ1) is 9.71. The molecule has 2 rings (SSSR count). The lowest BCUT2D eigenvalue weighted by Gasteiger charge is -1.96. The Hall–Kier alpha value is -0.830. The van der Waals surface area contributed by atoms with Crippen molar-refractivity contribution in [1.29, 1.82) is 0 Å². The molecule has 3 heteroatoms. The number of aromatic nitrogens is 2. The van der Waals surface area contributed by atoms with Crippen LogP contribution < -0.4 is 0 Å². The largest absolute Gasteiger partial charge is 0.342 e. The summed E-state index contributed by atoms with van der Waals surface area (Å²) in [7, 11) is 0. The molecule has 0 saturated heterocycles. The van der Waals surface area contributed by atoms with Crippen LogP contribution in [0.3, 0.4) is 0 Å². The van der Waals surface area contributed by atoms with Crippen LogP contribution in [0.25, 0.3) is 11.0 Å². The second-order valence-corrected chi connectivity index (χ2v) is 4.75. The van der Waals surface area contributed by atoms with Crippen LogP contribution >= 0.6 is 15.9 Å². The van der Waals surface area contributed by atoms with E-state index in [0.29, 0.717) is 5.92 Å². The molecular formula is C11H13BrN2. The van der Waals surface area contributed by atoms with Crippen molar-refractivity contribution in [3.8, 4) is 0 Å². The normalized spacial score (nSPS) is 11.5. The molecule has 0 aliphatic carbocycles. The second kappa shape index (κ2) is 3.39. The SMILES string of the molecule is Cc1cc2[nH]c(C(C)C)nc2cc1Br. The summed E-state index contributed by atoms with van der Waals surface area (Å²) in [4.78, 5) is 7.86. The van der Waals surface area contributed by atoms with Crippen LogP contribution in [-0.4, -0.2) is 9.97 Å². The van der Waals surface area contributed by atoms with E-state index in [1.165, 1.54) is 5.56 Å². The van der Waals surface area contributed by atoms with Crippen molar-refractivity contribution in [2.75, 3.05) is 0 Å². The molecule has 1 aromatic carbocycles. The number of hydrogen-bond donors (Lipinski definition) is 1. The van der Waals surface area contributed by atoms with E-state index in [1.807, 2.05) is 0 Å². The lowest BCUT2D eigenvalue weighted by molar-refractivity contribution is 0.799. The molecule has 0 atom stereocenters. The fourth-order valence-electron chi connectivity index (χ4n) is 1.43. The van der Waals surface area contributed by atoms with Gasteiger partial charge in [0.2, 0.25) is 0 Å². The van der Waals surface area contributed by atoms with E-state index in [1.54, 1.807) is 0 Å². The molecule has 14 heavy (non-hydrogen) atoms. The Kier molecular flexibility index (Phi) is 2.35. The smallest absolute Gasteiger partial charge is 0.109 e. The predicted molar refractivity (Wildman–Crippen MR) is 62.6 cm³/mol. The first-order valence-electron chi connectivity index (χ1n) is 4.73. The number of fused-ring (bicyclic) bond motifs is 1. The van der Waals surface area contributed by atoms with Crippen molar-refractivity contribution in [2.45, 2.75) is 26.7 Å². The third kappa shape index (κ3) is 1.57. The number of hydrogen-bond acceptors (Lipinski definition) is 1. The minimum atomic E-state index is 0.446. The van der Waals surface area contributed by atoms with Crippen molar-refractivity contribution in [1.82, 2.24) is 9.97 Å². The summed E-state index contributed by atoms with van der Waals surface area (Å²) in [5.41, 5.74) is 3.39. The van der Waals surface area contributed by atoms with Crippen molar-refractivity contribution in [3.63, 3.8) is 0 Å². The van der Waals surface area contributed by atoms with Gasteiger partial charge in [-0.25, -0.2) is 4.98 Å². The highest BCUT2D eigenvalue weighted by molar-refractivity contribution is 9.10. The highest BCUT2D eigenvalue weighted by Gasteiger charge is 2.07. The fraction of sp³-hybridized carbons (Fsp3) is 0.364. The molecule has 1 heterocycles. The van der Waals surface area contributed by atoms with Gasteiger partial charge in [0.05, 0.1) is 11.0 Å². The Balaban J connectivity index is 2.66. The van der Waals surface area contributed by atoms with Gasteiger partial charge in [-0.15, -0.1) is 0 Å². The highest BCUT2D eigenvalue weighted by atomic mass is 79.9. The third-order valence-electron chi connectivity index (χ3n) is 2.33. The minimum absolute atomic E-state index is 0.446. The number of nitrogens with zero attached hydrogens (tertiary/aromatic N) is 1. The van der Waals surface area contributed by atoms with Gasteiger partial charge >= 0.3 is 0 Å². The molecule has 0 fully saturated rings. The van der Waals surface area contributed by atoms with Crippen molar-refractivity contribution in [3.05, 3.63) is 28.0 Å². The topological polar surface area (TPSA) is 28.7 Å². The van der Waals surface area contributed by atoms with Gasteiger partial charge < -0.3 is 4.98 Å². The van der Waals surface area contributed by atoms with Crippen LogP contribution in [0.15, 0.2) is 16.6 Å². The van der Waals surface area contributed by atoms with Gasteiger partial charge in [-0.1, -0.05) is 29.8 Å². The lowest BCUT2D eigenvalue weighted by Crippen LogP contribution is -1.88. The number of halogens is 1. The number of benzene rings is 1. The predicted octanol–water partition coefficient (Wildman–Crippen LogP) is 3.76. The van der Waals surface area contributed by atoms with Crippen molar-refractivity contribution < 1.29 is 0 Å². The number of aryl methyl sites for hydroxylation is 1. The number of rotatable bonds is 1. The maximum absolute atomic E-state index is 4.53. The molecular weight excluding hydrogens is 240 g/mol. The van der Waals surface area contributed by atoms with E-state index in [2.05, 4.69) is 58.8 Å². The molecule has 0 aliphatic heterocycles. The molecule has 0 aliphatic rings. The van der Waals surface area contributed by atoms with E-state index in [4.69, 9.17) is 0 Å². The van der Waals surface area contributed by atoms with Crippen LogP contribution in [0.5, 0.6) is 0 Å². The molecule has 1 aromatic heterocycles. The Bertz CT molecular complexity index is 432. The zero-order valence-corrected chi connectivity index (χ0v) is 10.1. The summed E-state index contributed by atoms with van der Waals surface area (Å²) >= 11 is 3.51. The zero-order valence-electron chi connectivity index (χ0n) is 8.56. The van der Waals surface area contributed by atoms with E-state index in [-0.39, 0.29) is 0 Å². The summed E-state index contributed by atoms with van der Waals surface area (Å²) < 4.78 is 1.12. The second-order valence-electron chi connectivity index (χ2n) is 3.90. The zero-order chi connectivity index (χ0) is 10.3. The number of H-pyrrole nitrogens is 1. The first-order valence-corrected chi connectivity index (χ1v) is 5.53. The number of aromatic amines is 1. The molecule has 0 saturated carbocycles. The summed E-state index contributed by atoms with van der Waals surface area (Å²) in [6.07, 6.45) is 0. The van der Waals surface area contributed by atoms with Crippen LogP contribution in [0.1, 0.15) is 31.2 Å². The Morgan fingerprint density at radius 3 is 2.71 bits per heavy atom. The molecule has 2 aromatic rings. The number of nitrogens with one attached hydrogen (secondary N) is 1. The summed E-state index contributed by atoms with van der Waals surface area (Å²) in [6, 6.07) is 4.19. The first-order chi connectivity index (χ1) is 6.58. The molecule has 74 valence electrons. The maximum Gasteiger partial charge on any atom is 0.109 e. The van der Waals surface area contributed by atoms with Crippen LogP contribution in [0, 0.1) is 6.92 Å². The molecule has 0 bridgehead atoms. The molecule has 0 unspecified atom stereocenters. The highest BCUT2D eigenvalue weighted by Crippen LogP contribution is 2.24. The molecule has 0 spiro atoms. The van der Waals surface area contributed by atoms with Gasteiger partial charge in [-0.05, 0) is 24.6 Å². The van der Waals surface area contributed by atoms with Crippen molar-refractivity contribution in [2.24, 2.45) is 0 Å². The van der Waals surface area contributed by atoms with Gasteiger partial charge in [0.25, 0.3) is 0 Å². The van der Waals surface area contributed by atoms with E-state index in [9.17, 15) is 0 Å². The average Bonchev–Trinajstić information content (AvgIpc) is 2.48. The number of imidazole rings is 1. The quantitative estimate of drug-likeness (QED) is 0.823.